The monoisotopic (exact) mass is 247 g/mol. The van der Waals surface area contributed by atoms with E-state index in [-0.39, 0.29) is 5.78 Å². The molecule has 0 saturated heterocycles. The topological polar surface area (TPSA) is 52.3 Å². The quantitative estimate of drug-likeness (QED) is 0.786. The van der Waals surface area contributed by atoms with E-state index in [1.165, 1.54) is 0 Å². The van der Waals surface area contributed by atoms with Gasteiger partial charge in [0.15, 0.2) is 5.78 Å². The summed E-state index contributed by atoms with van der Waals surface area (Å²) in [5.74, 6) is 0.784. The minimum Gasteiger partial charge on any atom is -0.490 e. The van der Waals surface area contributed by atoms with Crippen molar-refractivity contribution in [3.63, 3.8) is 0 Å². The predicted molar refractivity (Wildman–Crippen MR) is 71.9 cm³/mol. The van der Waals surface area contributed by atoms with E-state index in [9.17, 15) is 4.79 Å². The van der Waals surface area contributed by atoms with Crippen molar-refractivity contribution in [3.05, 3.63) is 29.8 Å². The van der Waals surface area contributed by atoms with Gasteiger partial charge in [0.05, 0.1) is 11.6 Å². The average molecular weight is 247 g/mol. The number of carbonyl (C=O) groups is 1. The van der Waals surface area contributed by atoms with Crippen LogP contribution in [0.25, 0.3) is 0 Å². The summed E-state index contributed by atoms with van der Waals surface area (Å²) < 4.78 is 5.70. The van der Waals surface area contributed by atoms with Crippen LogP contribution in [0.2, 0.25) is 0 Å². The number of nitrogens with two attached hydrogens (primary N) is 1. The predicted octanol–water partition coefficient (Wildman–Crippen LogP) is 2.93. The van der Waals surface area contributed by atoms with Gasteiger partial charge in [0, 0.05) is 5.56 Å². The lowest BCUT2D eigenvalue weighted by molar-refractivity contribution is 0.0879. The normalized spacial score (nSPS) is 15.5. The van der Waals surface area contributed by atoms with Gasteiger partial charge in [-0.25, -0.2) is 0 Å². The van der Waals surface area contributed by atoms with Gasteiger partial charge in [-0.05, 0) is 37.8 Å². The molecule has 1 aromatic rings. The Morgan fingerprint density at radius 3 is 2.61 bits per heavy atom. The fraction of sp³-hybridized carbons (Fsp3) is 0.533. The smallest absolute Gasteiger partial charge is 0.182 e. The number of Topliss-reactive ketones (excluding diaryl/α,β-unsaturated/α-hetero) is 1. The molecule has 2 N–H and O–H groups in total. The first-order valence-electron chi connectivity index (χ1n) is 6.69. The summed E-state index contributed by atoms with van der Waals surface area (Å²) in [6.07, 6.45) is 3.87. The van der Waals surface area contributed by atoms with Crippen molar-refractivity contribution in [2.24, 2.45) is 5.73 Å². The molecule has 0 bridgehead atoms. The van der Waals surface area contributed by atoms with Crippen LogP contribution in [0.1, 0.15) is 49.9 Å². The zero-order valence-electron chi connectivity index (χ0n) is 11.1. The molecule has 0 aromatic heterocycles. The Morgan fingerprint density at radius 1 is 1.39 bits per heavy atom. The second kappa shape index (κ2) is 5.11. The first kappa shape index (κ1) is 13.1. The summed E-state index contributed by atoms with van der Waals surface area (Å²) in [6.45, 7) is 3.90. The number of hydrogen-bond donors (Lipinski definition) is 1. The molecule has 0 spiro atoms. The van der Waals surface area contributed by atoms with Crippen LogP contribution in [0, 0.1) is 0 Å². The zero-order valence-corrected chi connectivity index (χ0v) is 11.1. The molecule has 0 heterocycles. The fourth-order valence-electron chi connectivity index (χ4n) is 1.95. The van der Waals surface area contributed by atoms with E-state index < -0.39 is 5.54 Å². The van der Waals surface area contributed by atoms with Crippen molar-refractivity contribution in [1.82, 2.24) is 0 Å². The van der Waals surface area contributed by atoms with Gasteiger partial charge in [0.25, 0.3) is 0 Å². The molecule has 2 rings (SSSR count). The number of hydrogen-bond acceptors (Lipinski definition) is 3. The number of ketones is 1. The van der Waals surface area contributed by atoms with Gasteiger partial charge < -0.3 is 10.5 Å². The Labute approximate surface area is 108 Å². The Hall–Kier alpha value is -1.35. The van der Waals surface area contributed by atoms with Crippen molar-refractivity contribution in [3.8, 4) is 5.75 Å². The standard InChI is InChI=1S/C15H21NO2/c1-3-15(16,4-2)14(17)11-6-5-7-13(10-11)18-12-8-9-12/h5-7,10,12H,3-4,8-9,16H2,1-2H3. The van der Waals surface area contributed by atoms with Gasteiger partial charge in [0.2, 0.25) is 0 Å². The third-order valence-corrected chi connectivity index (χ3v) is 3.64. The third-order valence-electron chi connectivity index (χ3n) is 3.64. The summed E-state index contributed by atoms with van der Waals surface area (Å²) >= 11 is 0. The van der Waals surface area contributed by atoms with E-state index >= 15 is 0 Å². The van der Waals surface area contributed by atoms with E-state index in [4.69, 9.17) is 10.5 Å². The SMILES string of the molecule is CCC(N)(CC)C(=O)c1cccc(OC2CC2)c1. The molecule has 0 aliphatic heterocycles. The van der Waals surface area contributed by atoms with Crippen molar-refractivity contribution in [1.29, 1.82) is 0 Å². The summed E-state index contributed by atoms with van der Waals surface area (Å²) in [5.41, 5.74) is 6.05. The van der Waals surface area contributed by atoms with Crippen molar-refractivity contribution < 1.29 is 9.53 Å². The average Bonchev–Trinajstić information content (AvgIpc) is 3.21. The third kappa shape index (κ3) is 2.72. The van der Waals surface area contributed by atoms with Crippen LogP contribution in [0.5, 0.6) is 5.75 Å². The molecule has 1 fully saturated rings. The van der Waals surface area contributed by atoms with Crippen LogP contribution in [-0.2, 0) is 0 Å². The van der Waals surface area contributed by atoms with Crippen LogP contribution in [0.3, 0.4) is 0 Å². The van der Waals surface area contributed by atoms with Crippen molar-refractivity contribution >= 4 is 5.78 Å². The molecular formula is C15H21NO2. The number of ether oxygens (including phenoxy) is 1. The van der Waals surface area contributed by atoms with Crippen molar-refractivity contribution in [2.45, 2.75) is 51.2 Å². The molecule has 3 heteroatoms. The lowest BCUT2D eigenvalue weighted by Crippen LogP contribution is -2.46. The fourth-order valence-corrected chi connectivity index (χ4v) is 1.95. The number of rotatable bonds is 6. The minimum atomic E-state index is -0.752. The lowest BCUT2D eigenvalue weighted by atomic mass is 9.85. The van der Waals surface area contributed by atoms with E-state index in [0.717, 1.165) is 18.6 Å². The summed E-state index contributed by atoms with van der Waals surface area (Å²) in [6, 6.07) is 7.38. The molecule has 0 radical (unpaired) electrons. The number of carbonyl (C=O) groups excluding carboxylic acids is 1. The van der Waals surface area contributed by atoms with Crippen LogP contribution in [0.15, 0.2) is 24.3 Å². The second-order valence-electron chi connectivity index (χ2n) is 5.04. The highest BCUT2D eigenvalue weighted by atomic mass is 16.5. The Bertz CT molecular complexity index is 434. The molecule has 0 amide bonds. The van der Waals surface area contributed by atoms with E-state index in [0.29, 0.717) is 24.5 Å². The molecule has 98 valence electrons. The maximum absolute atomic E-state index is 12.4. The maximum atomic E-state index is 12.4. The molecule has 1 saturated carbocycles. The summed E-state index contributed by atoms with van der Waals surface area (Å²) in [5, 5.41) is 0. The highest BCUT2D eigenvalue weighted by Gasteiger charge is 2.31. The minimum absolute atomic E-state index is 0.00810. The molecule has 3 nitrogen and oxygen atoms in total. The van der Waals surface area contributed by atoms with Gasteiger partial charge in [-0.1, -0.05) is 26.0 Å². The van der Waals surface area contributed by atoms with E-state index in [1.54, 1.807) is 0 Å². The van der Waals surface area contributed by atoms with Crippen LogP contribution < -0.4 is 10.5 Å². The van der Waals surface area contributed by atoms with Crippen LogP contribution in [-0.4, -0.2) is 17.4 Å². The van der Waals surface area contributed by atoms with Gasteiger partial charge in [0.1, 0.15) is 5.75 Å². The first-order chi connectivity index (χ1) is 8.59. The van der Waals surface area contributed by atoms with Crippen LogP contribution in [0.4, 0.5) is 0 Å². The first-order valence-corrected chi connectivity index (χ1v) is 6.69. The molecule has 0 unspecified atom stereocenters. The van der Waals surface area contributed by atoms with Gasteiger partial charge in [-0.2, -0.15) is 0 Å². The molecular weight excluding hydrogens is 226 g/mol. The summed E-state index contributed by atoms with van der Waals surface area (Å²) in [7, 11) is 0. The Morgan fingerprint density at radius 2 is 2.06 bits per heavy atom. The Balaban J connectivity index is 2.18. The van der Waals surface area contributed by atoms with E-state index in [1.807, 2.05) is 38.1 Å². The lowest BCUT2D eigenvalue weighted by Gasteiger charge is -2.25. The molecule has 1 aromatic carbocycles. The van der Waals surface area contributed by atoms with Gasteiger partial charge in [-0.15, -0.1) is 0 Å². The Kier molecular flexibility index (Phi) is 3.71. The molecule has 1 aliphatic rings. The van der Waals surface area contributed by atoms with E-state index in [2.05, 4.69) is 0 Å². The molecule has 1 aliphatic carbocycles. The highest BCUT2D eigenvalue weighted by molar-refractivity contribution is 6.03. The zero-order chi connectivity index (χ0) is 13.2. The summed E-state index contributed by atoms with van der Waals surface area (Å²) in [4.78, 5) is 12.4. The molecule has 18 heavy (non-hydrogen) atoms. The second-order valence-corrected chi connectivity index (χ2v) is 5.04. The highest BCUT2D eigenvalue weighted by Crippen LogP contribution is 2.28. The molecule has 0 atom stereocenters. The van der Waals surface area contributed by atoms with Gasteiger partial charge in [-0.3, -0.25) is 4.79 Å². The maximum Gasteiger partial charge on any atom is 0.182 e. The van der Waals surface area contributed by atoms with Crippen molar-refractivity contribution in [2.75, 3.05) is 0 Å². The van der Waals surface area contributed by atoms with Gasteiger partial charge >= 0.3 is 0 Å². The number of benzene rings is 1. The van der Waals surface area contributed by atoms with Crippen LogP contribution >= 0.6 is 0 Å². The largest absolute Gasteiger partial charge is 0.490 e.